The topological polar surface area (TPSA) is 62.3 Å². The van der Waals surface area contributed by atoms with Crippen LogP contribution in [0.2, 0.25) is 0 Å². The van der Waals surface area contributed by atoms with Crippen LogP contribution in [-0.2, 0) is 16.0 Å². The molecule has 1 aliphatic heterocycles. The molecule has 5 heteroatoms. The van der Waals surface area contributed by atoms with Crippen molar-refractivity contribution >= 4 is 11.8 Å². The fourth-order valence-electron chi connectivity index (χ4n) is 2.75. The first kappa shape index (κ1) is 15.5. The highest BCUT2D eigenvalue weighted by Crippen LogP contribution is 2.17. The third-order valence-electron chi connectivity index (χ3n) is 3.87. The van der Waals surface area contributed by atoms with Crippen LogP contribution in [-0.4, -0.2) is 40.8 Å². The zero-order chi connectivity index (χ0) is 15.1. The number of pyridine rings is 1. The molecule has 0 spiro atoms. The molecule has 2 amide bonds. The molecule has 1 fully saturated rings. The maximum absolute atomic E-state index is 12.2. The van der Waals surface area contributed by atoms with E-state index in [2.05, 4.69) is 10.3 Å². The second-order valence-electron chi connectivity index (χ2n) is 5.48. The van der Waals surface area contributed by atoms with Crippen LogP contribution in [0.3, 0.4) is 0 Å². The molecule has 1 aliphatic rings. The highest BCUT2D eigenvalue weighted by atomic mass is 16.2. The molecule has 5 nitrogen and oxygen atoms in total. The van der Waals surface area contributed by atoms with Crippen LogP contribution in [0.5, 0.6) is 0 Å². The summed E-state index contributed by atoms with van der Waals surface area (Å²) in [5, 5.41) is 2.95. The highest BCUT2D eigenvalue weighted by molar-refractivity contribution is 5.87. The summed E-state index contributed by atoms with van der Waals surface area (Å²) < 4.78 is 0. The fourth-order valence-corrected chi connectivity index (χ4v) is 2.75. The van der Waals surface area contributed by atoms with Gasteiger partial charge < -0.3 is 10.2 Å². The van der Waals surface area contributed by atoms with Gasteiger partial charge in [0.15, 0.2) is 0 Å². The highest BCUT2D eigenvalue weighted by Gasteiger charge is 2.29. The molecule has 1 atom stereocenters. The summed E-state index contributed by atoms with van der Waals surface area (Å²) in [4.78, 5) is 29.5. The molecule has 1 saturated heterocycles. The summed E-state index contributed by atoms with van der Waals surface area (Å²) in [5.41, 5.74) is 1.18. The predicted octanol–water partition coefficient (Wildman–Crippen LogP) is 1.53. The molecule has 0 bridgehead atoms. The van der Waals surface area contributed by atoms with Gasteiger partial charge in [0.1, 0.15) is 6.04 Å². The van der Waals surface area contributed by atoms with Crippen molar-refractivity contribution in [2.45, 2.75) is 45.1 Å². The number of hydrogen-bond acceptors (Lipinski definition) is 3. The van der Waals surface area contributed by atoms with Crippen molar-refractivity contribution in [3.63, 3.8) is 0 Å². The molecule has 0 aliphatic carbocycles. The van der Waals surface area contributed by atoms with Gasteiger partial charge >= 0.3 is 0 Å². The Morgan fingerprint density at radius 1 is 1.43 bits per heavy atom. The van der Waals surface area contributed by atoms with Crippen LogP contribution >= 0.6 is 0 Å². The van der Waals surface area contributed by atoms with E-state index in [-0.39, 0.29) is 17.9 Å². The lowest BCUT2D eigenvalue weighted by molar-refractivity contribution is -0.140. The van der Waals surface area contributed by atoms with E-state index >= 15 is 0 Å². The van der Waals surface area contributed by atoms with Gasteiger partial charge in [0.2, 0.25) is 11.8 Å². The van der Waals surface area contributed by atoms with Gasteiger partial charge in [-0.15, -0.1) is 0 Å². The average molecular weight is 289 g/mol. The van der Waals surface area contributed by atoms with Crippen molar-refractivity contribution in [1.29, 1.82) is 0 Å². The van der Waals surface area contributed by atoms with E-state index in [1.165, 1.54) is 12.5 Å². The Morgan fingerprint density at radius 3 is 3.00 bits per heavy atom. The lowest BCUT2D eigenvalue weighted by Crippen LogP contribution is -2.51. The summed E-state index contributed by atoms with van der Waals surface area (Å²) >= 11 is 0. The van der Waals surface area contributed by atoms with Crippen LogP contribution in [0, 0.1) is 0 Å². The number of likely N-dealkylation sites (tertiary alicyclic amines) is 1. The first-order chi connectivity index (χ1) is 10.2. The molecule has 0 saturated carbocycles. The number of nitrogens with zero attached hydrogens (tertiary/aromatic N) is 2. The van der Waals surface area contributed by atoms with Crippen LogP contribution in [0.25, 0.3) is 0 Å². The Morgan fingerprint density at radius 2 is 2.29 bits per heavy atom. The van der Waals surface area contributed by atoms with Gasteiger partial charge in [-0.25, -0.2) is 0 Å². The van der Waals surface area contributed by atoms with Crippen molar-refractivity contribution in [2.75, 3.05) is 13.1 Å². The summed E-state index contributed by atoms with van der Waals surface area (Å²) in [6, 6.07) is 3.67. The maximum Gasteiger partial charge on any atom is 0.242 e. The van der Waals surface area contributed by atoms with Gasteiger partial charge in [-0.3, -0.25) is 14.6 Å². The molecule has 1 aromatic heterocycles. The summed E-state index contributed by atoms with van der Waals surface area (Å²) in [6.45, 7) is 2.87. The molecule has 0 unspecified atom stereocenters. The van der Waals surface area contributed by atoms with E-state index in [9.17, 15) is 9.59 Å². The first-order valence-corrected chi connectivity index (χ1v) is 7.62. The number of carbonyl (C=O) groups is 2. The smallest absolute Gasteiger partial charge is 0.242 e. The van der Waals surface area contributed by atoms with E-state index in [1.54, 1.807) is 11.1 Å². The lowest BCUT2D eigenvalue weighted by atomic mass is 10.0. The van der Waals surface area contributed by atoms with Crippen molar-refractivity contribution < 1.29 is 9.59 Å². The van der Waals surface area contributed by atoms with Crippen molar-refractivity contribution in [3.05, 3.63) is 30.1 Å². The largest absolute Gasteiger partial charge is 0.354 e. The molecule has 2 rings (SSSR count). The van der Waals surface area contributed by atoms with Gasteiger partial charge in [0, 0.05) is 32.4 Å². The van der Waals surface area contributed by atoms with Gasteiger partial charge in [-0.1, -0.05) is 6.07 Å². The Balaban J connectivity index is 1.74. The number of hydrogen-bond donors (Lipinski definition) is 1. The van der Waals surface area contributed by atoms with E-state index in [0.717, 1.165) is 32.1 Å². The van der Waals surface area contributed by atoms with Gasteiger partial charge in [-0.2, -0.15) is 0 Å². The SMILES string of the molecule is CC(=O)N1CCCC[C@H]1C(=O)NCCCc1cccnc1. The Kier molecular flexibility index (Phi) is 5.72. The molecule has 2 heterocycles. The van der Waals surface area contributed by atoms with Gasteiger partial charge in [-0.05, 0) is 43.7 Å². The average Bonchev–Trinajstić information content (AvgIpc) is 2.52. The molecule has 0 radical (unpaired) electrons. The summed E-state index contributed by atoms with van der Waals surface area (Å²) in [6.07, 6.45) is 8.15. The second kappa shape index (κ2) is 7.76. The van der Waals surface area contributed by atoms with E-state index < -0.39 is 0 Å². The third kappa shape index (κ3) is 4.55. The van der Waals surface area contributed by atoms with Gasteiger partial charge in [0.05, 0.1) is 0 Å². The van der Waals surface area contributed by atoms with Crippen molar-refractivity contribution in [1.82, 2.24) is 15.2 Å². The zero-order valence-corrected chi connectivity index (χ0v) is 12.5. The van der Waals surface area contributed by atoms with Crippen LogP contribution in [0.1, 0.15) is 38.2 Å². The minimum atomic E-state index is -0.283. The first-order valence-electron chi connectivity index (χ1n) is 7.62. The lowest BCUT2D eigenvalue weighted by Gasteiger charge is -2.33. The van der Waals surface area contributed by atoms with Crippen LogP contribution < -0.4 is 5.32 Å². The standard InChI is InChI=1S/C16H23N3O2/c1-13(20)19-11-3-2-8-15(19)16(21)18-10-5-7-14-6-4-9-17-12-14/h4,6,9,12,15H,2-3,5,7-8,10-11H2,1H3,(H,18,21)/t15-/m0/s1. The number of aromatic nitrogens is 1. The molecule has 1 aromatic rings. The van der Waals surface area contributed by atoms with E-state index in [4.69, 9.17) is 0 Å². The Bertz CT molecular complexity index is 476. The number of carbonyl (C=O) groups excluding carboxylic acids is 2. The van der Waals surface area contributed by atoms with Gasteiger partial charge in [0.25, 0.3) is 0 Å². The maximum atomic E-state index is 12.2. The summed E-state index contributed by atoms with van der Waals surface area (Å²) in [5.74, 6) is -0.0266. The zero-order valence-electron chi connectivity index (χ0n) is 12.5. The minimum absolute atomic E-state index is 0.00906. The number of amides is 2. The monoisotopic (exact) mass is 289 g/mol. The molecular formula is C16H23N3O2. The number of aryl methyl sites for hydroxylation is 1. The van der Waals surface area contributed by atoms with E-state index in [0.29, 0.717) is 13.1 Å². The molecule has 21 heavy (non-hydrogen) atoms. The van der Waals surface area contributed by atoms with Crippen molar-refractivity contribution in [2.24, 2.45) is 0 Å². The number of nitrogens with one attached hydrogen (secondary N) is 1. The molecule has 114 valence electrons. The Hall–Kier alpha value is -1.91. The minimum Gasteiger partial charge on any atom is -0.354 e. The molecular weight excluding hydrogens is 266 g/mol. The third-order valence-corrected chi connectivity index (χ3v) is 3.87. The fraction of sp³-hybridized carbons (Fsp3) is 0.562. The summed E-state index contributed by atoms with van der Waals surface area (Å²) in [7, 11) is 0. The quantitative estimate of drug-likeness (QED) is 0.836. The van der Waals surface area contributed by atoms with Crippen LogP contribution in [0.4, 0.5) is 0 Å². The second-order valence-corrected chi connectivity index (χ2v) is 5.48. The van der Waals surface area contributed by atoms with E-state index in [1.807, 2.05) is 18.3 Å². The number of piperidine rings is 1. The molecule has 1 N–H and O–H groups in total. The predicted molar refractivity (Wildman–Crippen MR) is 80.6 cm³/mol. The van der Waals surface area contributed by atoms with Crippen molar-refractivity contribution in [3.8, 4) is 0 Å². The normalized spacial score (nSPS) is 18.3. The Labute approximate surface area is 125 Å². The number of rotatable bonds is 5. The van der Waals surface area contributed by atoms with Crippen LogP contribution in [0.15, 0.2) is 24.5 Å². The molecule has 0 aromatic carbocycles.